The van der Waals surface area contributed by atoms with Crippen LogP contribution in [0.25, 0.3) is 0 Å². The molecule has 0 aliphatic heterocycles. The summed E-state index contributed by atoms with van der Waals surface area (Å²) in [4.78, 5) is 14.7. The van der Waals surface area contributed by atoms with Crippen LogP contribution in [0.1, 0.15) is 31.0 Å². The summed E-state index contributed by atoms with van der Waals surface area (Å²) in [5.41, 5.74) is 8.49. The van der Waals surface area contributed by atoms with E-state index in [-0.39, 0.29) is 36.8 Å². The third kappa shape index (κ3) is 7.58. The molecule has 28 heavy (non-hydrogen) atoms. The molecule has 1 amide bonds. The summed E-state index contributed by atoms with van der Waals surface area (Å²) in [6.07, 6.45) is 0.351. The summed E-state index contributed by atoms with van der Waals surface area (Å²) in [5, 5.41) is 3.08. The average Bonchev–Trinajstić information content (AvgIpc) is 2.67. The van der Waals surface area contributed by atoms with Gasteiger partial charge in [-0.3, -0.25) is 9.69 Å². The highest BCUT2D eigenvalue weighted by atomic mass is 35.5. The zero-order valence-electron chi connectivity index (χ0n) is 16.7. The van der Waals surface area contributed by atoms with E-state index in [1.807, 2.05) is 42.5 Å². The van der Waals surface area contributed by atoms with Gasteiger partial charge in [0.15, 0.2) is 0 Å². The van der Waals surface area contributed by atoms with Crippen molar-refractivity contribution in [2.45, 2.75) is 26.3 Å². The summed E-state index contributed by atoms with van der Waals surface area (Å²) >= 11 is 0. The summed E-state index contributed by atoms with van der Waals surface area (Å²) in [6.45, 7) is 6.64. The first-order chi connectivity index (χ1) is 12.6. The molecule has 3 N–H and O–H groups in total. The van der Waals surface area contributed by atoms with Gasteiger partial charge in [-0.15, -0.1) is 24.8 Å². The number of ether oxygens (including phenoxy) is 1. The maximum absolute atomic E-state index is 12.4. The lowest BCUT2D eigenvalue weighted by Gasteiger charge is -2.30. The van der Waals surface area contributed by atoms with Crippen LogP contribution in [0, 0.1) is 0 Å². The number of likely N-dealkylation sites (N-methyl/N-ethyl adjacent to an activating group) is 1. The van der Waals surface area contributed by atoms with Crippen LogP contribution in [0.5, 0.6) is 5.75 Å². The monoisotopic (exact) mass is 427 g/mol. The highest BCUT2D eigenvalue weighted by Crippen LogP contribution is 2.23. The normalized spacial score (nSPS) is 11.1. The number of nitrogens with one attached hydrogen (secondary N) is 1. The molecule has 2 aromatic carbocycles. The van der Waals surface area contributed by atoms with Crippen molar-refractivity contribution in [3.05, 3.63) is 59.7 Å². The van der Waals surface area contributed by atoms with E-state index >= 15 is 0 Å². The largest absolute Gasteiger partial charge is 0.497 e. The number of anilines is 1. The lowest BCUT2D eigenvalue weighted by molar-refractivity contribution is -0.120. The number of nitrogen functional groups attached to an aromatic ring is 1. The Morgan fingerprint density at radius 1 is 1.11 bits per heavy atom. The molecule has 1 unspecified atom stereocenters. The minimum absolute atomic E-state index is 0. The second-order valence-electron chi connectivity index (χ2n) is 6.24. The van der Waals surface area contributed by atoms with Gasteiger partial charge in [-0.1, -0.05) is 38.1 Å². The topological polar surface area (TPSA) is 67.6 Å². The van der Waals surface area contributed by atoms with Gasteiger partial charge in [-0.05, 0) is 48.5 Å². The van der Waals surface area contributed by atoms with Crippen molar-refractivity contribution in [3.63, 3.8) is 0 Å². The van der Waals surface area contributed by atoms with Crippen molar-refractivity contribution in [2.24, 2.45) is 0 Å². The molecule has 0 aliphatic rings. The van der Waals surface area contributed by atoms with E-state index in [4.69, 9.17) is 10.5 Å². The van der Waals surface area contributed by atoms with Crippen LogP contribution < -0.4 is 15.8 Å². The maximum atomic E-state index is 12.4. The van der Waals surface area contributed by atoms with Gasteiger partial charge in [0.25, 0.3) is 0 Å². The van der Waals surface area contributed by atoms with E-state index in [9.17, 15) is 4.79 Å². The van der Waals surface area contributed by atoms with Crippen LogP contribution in [0.3, 0.4) is 0 Å². The lowest BCUT2D eigenvalue weighted by atomic mass is 10.0. The molecular weight excluding hydrogens is 397 g/mol. The molecule has 1 atom stereocenters. The van der Waals surface area contributed by atoms with Gasteiger partial charge in [-0.2, -0.15) is 0 Å². The van der Waals surface area contributed by atoms with Gasteiger partial charge in [0.2, 0.25) is 5.91 Å². The number of amides is 1. The molecule has 0 bridgehead atoms. The first-order valence-electron chi connectivity index (χ1n) is 9.06. The highest BCUT2D eigenvalue weighted by Gasteiger charge is 2.19. The van der Waals surface area contributed by atoms with Crippen LogP contribution in [0.15, 0.2) is 48.5 Å². The van der Waals surface area contributed by atoms with Crippen LogP contribution >= 0.6 is 24.8 Å². The zero-order valence-corrected chi connectivity index (χ0v) is 18.3. The predicted octanol–water partition coefficient (Wildman–Crippen LogP) is 3.86. The molecule has 0 saturated carbocycles. The smallest absolute Gasteiger partial charge is 0.224 e. The van der Waals surface area contributed by atoms with E-state index in [2.05, 4.69) is 30.1 Å². The minimum atomic E-state index is 0. The first kappa shape index (κ1) is 26.1. The number of nitrogens with two attached hydrogens (primary N) is 1. The van der Waals surface area contributed by atoms with Gasteiger partial charge in [0.1, 0.15) is 5.75 Å². The Balaban J connectivity index is 0.00000364. The Labute approximate surface area is 180 Å². The fraction of sp³-hybridized carbons (Fsp3) is 0.381. The molecule has 2 aromatic rings. The van der Waals surface area contributed by atoms with Crippen molar-refractivity contribution < 1.29 is 9.53 Å². The fourth-order valence-electron chi connectivity index (χ4n) is 3.06. The Morgan fingerprint density at radius 3 is 2.32 bits per heavy atom. The van der Waals surface area contributed by atoms with Crippen molar-refractivity contribution in [2.75, 3.05) is 32.5 Å². The third-order valence-electron chi connectivity index (χ3n) is 4.57. The average molecular weight is 428 g/mol. The van der Waals surface area contributed by atoms with E-state index < -0.39 is 0 Å². The number of rotatable bonds is 9. The number of halogens is 2. The lowest BCUT2D eigenvalue weighted by Crippen LogP contribution is -2.38. The minimum Gasteiger partial charge on any atom is -0.497 e. The van der Waals surface area contributed by atoms with Crippen molar-refractivity contribution >= 4 is 36.4 Å². The maximum Gasteiger partial charge on any atom is 0.224 e. The van der Waals surface area contributed by atoms with Gasteiger partial charge >= 0.3 is 0 Å². The van der Waals surface area contributed by atoms with Crippen molar-refractivity contribution in [1.29, 1.82) is 0 Å². The molecule has 156 valence electrons. The second-order valence-corrected chi connectivity index (χ2v) is 6.24. The molecule has 5 nitrogen and oxygen atoms in total. The van der Waals surface area contributed by atoms with E-state index in [1.165, 1.54) is 0 Å². The number of hydrogen-bond donors (Lipinski definition) is 2. The summed E-state index contributed by atoms with van der Waals surface area (Å²) in [6, 6.07) is 15.6. The first-order valence-corrected chi connectivity index (χ1v) is 9.06. The predicted molar refractivity (Wildman–Crippen MR) is 121 cm³/mol. The van der Waals surface area contributed by atoms with Gasteiger partial charge < -0.3 is 15.8 Å². The molecule has 7 heteroatoms. The molecule has 0 heterocycles. The Hall–Kier alpha value is -1.95. The van der Waals surface area contributed by atoms with E-state index in [0.717, 1.165) is 30.0 Å². The molecule has 0 radical (unpaired) electrons. The van der Waals surface area contributed by atoms with Crippen LogP contribution in [0.2, 0.25) is 0 Å². The zero-order chi connectivity index (χ0) is 18.9. The van der Waals surface area contributed by atoms with Crippen LogP contribution in [0.4, 0.5) is 5.69 Å². The number of hydrogen-bond acceptors (Lipinski definition) is 4. The van der Waals surface area contributed by atoms with E-state index in [0.29, 0.717) is 18.7 Å². The summed E-state index contributed by atoms with van der Waals surface area (Å²) < 4.78 is 5.35. The Morgan fingerprint density at radius 2 is 1.75 bits per heavy atom. The van der Waals surface area contributed by atoms with Gasteiger partial charge in [0.05, 0.1) is 19.6 Å². The van der Waals surface area contributed by atoms with E-state index in [1.54, 1.807) is 7.11 Å². The molecule has 0 spiro atoms. The molecular formula is C21H31Cl2N3O2. The number of benzene rings is 2. The number of carbonyl (C=O) groups is 1. The van der Waals surface area contributed by atoms with Crippen molar-refractivity contribution in [1.82, 2.24) is 10.2 Å². The van der Waals surface area contributed by atoms with Gasteiger partial charge in [0, 0.05) is 12.2 Å². The summed E-state index contributed by atoms with van der Waals surface area (Å²) in [5.74, 6) is 0.836. The standard InChI is InChI=1S/C21H29N3O2.2ClH/c1-4-24(5-2)20(17-7-6-8-19(14-17)26-3)15-23-21(25)13-16-9-11-18(22)12-10-16;;/h6-12,14,20H,4-5,13,15,22H2,1-3H3,(H,23,25);2*1H. The molecule has 0 aromatic heterocycles. The number of methoxy groups -OCH3 is 1. The molecule has 0 aliphatic carbocycles. The van der Waals surface area contributed by atoms with Crippen LogP contribution in [-0.4, -0.2) is 37.6 Å². The molecule has 0 fully saturated rings. The summed E-state index contributed by atoms with van der Waals surface area (Å²) in [7, 11) is 1.67. The number of carbonyl (C=O) groups excluding carboxylic acids is 1. The third-order valence-corrected chi connectivity index (χ3v) is 4.57. The quantitative estimate of drug-likeness (QED) is 0.596. The second kappa shape index (κ2) is 13.3. The molecule has 0 saturated heterocycles. The van der Waals surface area contributed by atoms with Crippen molar-refractivity contribution in [3.8, 4) is 5.75 Å². The van der Waals surface area contributed by atoms with Gasteiger partial charge in [-0.25, -0.2) is 0 Å². The Bertz CT molecular complexity index is 707. The fourth-order valence-corrected chi connectivity index (χ4v) is 3.06. The van der Waals surface area contributed by atoms with Crippen LogP contribution in [-0.2, 0) is 11.2 Å². The highest BCUT2D eigenvalue weighted by molar-refractivity contribution is 5.85. The number of nitrogens with zero attached hydrogens (tertiary/aromatic N) is 1. The Kier molecular flexibility index (Phi) is 12.3. The molecule has 2 rings (SSSR count). The SMILES string of the molecule is CCN(CC)C(CNC(=O)Cc1ccc(N)cc1)c1cccc(OC)c1.Cl.Cl.